The van der Waals surface area contributed by atoms with Crippen molar-refractivity contribution in [1.82, 2.24) is 4.98 Å². The van der Waals surface area contributed by atoms with E-state index in [2.05, 4.69) is 11.1 Å². The van der Waals surface area contributed by atoms with Crippen LogP contribution in [0.4, 0.5) is 0 Å². The fourth-order valence-electron chi connectivity index (χ4n) is 1.80. The van der Waals surface area contributed by atoms with E-state index in [1.165, 1.54) is 7.11 Å². The Morgan fingerprint density at radius 3 is 2.67 bits per heavy atom. The molecule has 1 rings (SSSR count). The van der Waals surface area contributed by atoms with Crippen LogP contribution in [0.5, 0.6) is 0 Å². The van der Waals surface area contributed by atoms with Gasteiger partial charge in [0.15, 0.2) is 13.9 Å². The van der Waals surface area contributed by atoms with Gasteiger partial charge in [-0.3, -0.25) is 4.98 Å². The summed E-state index contributed by atoms with van der Waals surface area (Å²) in [4.78, 5) is 15.8. The van der Waals surface area contributed by atoms with Gasteiger partial charge < -0.3 is 9.16 Å². The van der Waals surface area contributed by atoms with Gasteiger partial charge in [-0.1, -0.05) is 0 Å². The molecule has 6 heteroatoms. The molecule has 0 aliphatic carbocycles. The third kappa shape index (κ3) is 5.14. The summed E-state index contributed by atoms with van der Waals surface area (Å²) in [6.07, 6.45) is 4.82. The molecule has 1 unspecified atom stereocenters. The van der Waals surface area contributed by atoms with E-state index in [1.807, 2.05) is 19.6 Å². The first kappa shape index (κ1) is 17.1. The molecule has 0 saturated heterocycles. The van der Waals surface area contributed by atoms with Crippen molar-refractivity contribution in [3.05, 3.63) is 35.7 Å². The van der Waals surface area contributed by atoms with E-state index in [0.717, 1.165) is 0 Å². The molecule has 0 saturated carbocycles. The summed E-state index contributed by atoms with van der Waals surface area (Å²) >= 11 is 0. The van der Waals surface area contributed by atoms with Crippen molar-refractivity contribution in [1.29, 1.82) is 5.26 Å². The van der Waals surface area contributed by atoms with E-state index in [0.29, 0.717) is 11.3 Å². The minimum Gasteiger partial charge on any atom is -0.465 e. The number of hydrogen-bond acceptors (Lipinski definition) is 5. The van der Waals surface area contributed by atoms with Gasteiger partial charge in [-0.25, -0.2) is 4.79 Å². The number of aromatic nitrogens is 1. The van der Waals surface area contributed by atoms with Crippen molar-refractivity contribution < 1.29 is 14.0 Å². The van der Waals surface area contributed by atoms with Crippen LogP contribution in [0.1, 0.15) is 23.0 Å². The second-order valence-corrected chi connectivity index (χ2v) is 10.1. The highest BCUT2D eigenvalue weighted by Gasteiger charge is 2.29. The maximum Gasteiger partial charge on any atom is 0.340 e. The molecular weight excluding hydrogens is 284 g/mol. The molecule has 0 bridgehead atoms. The first-order valence-corrected chi connectivity index (χ1v) is 9.95. The molecule has 112 valence electrons. The first-order valence-electron chi connectivity index (χ1n) is 6.55. The number of hydrogen-bond donors (Lipinski definition) is 0. The molecule has 1 atom stereocenters. The highest BCUT2D eigenvalue weighted by Crippen LogP contribution is 2.20. The normalized spacial score (nSPS) is 14.5. The van der Waals surface area contributed by atoms with Gasteiger partial charge in [-0.2, -0.15) is 5.26 Å². The van der Waals surface area contributed by atoms with Gasteiger partial charge in [0.1, 0.15) is 6.07 Å². The summed E-state index contributed by atoms with van der Waals surface area (Å²) in [5, 5.41) is 9.34. The van der Waals surface area contributed by atoms with Crippen molar-refractivity contribution in [2.45, 2.75) is 32.2 Å². The lowest BCUT2D eigenvalue weighted by Crippen LogP contribution is -2.38. The Balaban J connectivity index is 3.10. The molecule has 1 heterocycles. The van der Waals surface area contributed by atoms with Crippen LogP contribution >= 0.6 is 0 Å². The maximum atomic E-state index is 11.7. The second kappa shape index (κ2) is 6.65. The minimum atomic E-state index is -1.88. The minimum absolute atomic E-state index is 0.351. The van der Waals surface area contributed by atoms with Gasteiger partial charge in [0, 0.05) is 6.20 Å². The van der Waals surface area contributed by atoms with Crippen LogP contribution in [-0.2, 0) is 9.16 Å². The molecule has 0 fully saturated rings. The Hall–Kier alpha value is -1.97. The van der Waals surface area contributed by atoms with Gasteiger partial charge >= 0.3 is 5.97 Å². The summed E-state index contributed by atoms with van der Waals surface area (Å²) in [7, 11) is -0.564. The molecule has 0 spiro atoms. The predicted molar refractivity (Wildman–Crippen MR) is 83.1 cm³/mol. The fraction of sp³-hybridized carbons (Fsp3) is 0.400. The molecule has 0 N–H and O–H groups in total. The molecule has 0 aliphatic heterocycles. The van der Waals surface area contributed by atoms with Crippen LogP contribution in [0.25, 0.3) is 6.08 Å². The van der Waals surface area contributed by atoms with E-state index in [9.17, 15) is 10.1 Å². The quantitative estimate of drug-likeness (QED) is 0.617. The van der Waals surface area contributed by atoms with E-state index < -0.39 is 19.9 Å². The highest BCUT2D eigenvalue weighted by atomic mass is 28.4. The number of carbonyl (C=O) groups excluding carboxylic acids is 1. The SMILES string of the molecule is COC(=O)c1cccnc1C=CC(C)(C#N)O[Si](C)(C)C. The average Bonchev–Trinajstić information content (AvgIpc) is 2.43. The lowest BCUT2D eigenvalue weighted by atomic mass is 10.1. The van der Waals surface area contributed by atoms with E-state index >= 15 is 0 Å². The van der Waals surface area contributed by atoms with Gasteiger partial charge in [-0.05, 0) is 50.8 Å². The first-order chi connectivity index (χ1) is 9.71. The third-order valence-corrected chi connectivity index (χ3v) is 3.58. The number of carbonyl (C=O) groups is 1. The fourth-order valence-corrected chi connectivity index (χ4v) is 3.19. The Morgan fingerprint density at radius 1 is 1.48 bits per heavy atom. The molecule has 21 heavy (non-hydrogen) atoms. The van der Waals surface area contributed by atoms with E-state index in [1.54, 1.807) is 37.4 Å². The summed E-state index contributed by atoms with van der Waals surface area (Å²) in [5.74, 6) is -0.465. The number of nitrogens with zero attached hydrogens (tertiary/aromatic N) is 2. The number of nitriles is 1. The van der Waals surface area contributed by atoms with Crippen molar-refractivity contribution in [3.63, 3.8) is 0 Å². The third-order valence-electron chi connectivity index (χ3n) is 2.54. The van der Waals surface area contributed by atoms with Crippen molar-refractivity contribution >= 4 is 20.4 Å². The van der Waals surface area contributed by atoms with Crippen molar-refractivity contribution in [2.75, 3.05) is 7.11 Å². The standard InChI is InChI=1S/C15H20N2O3Si/c1-15(11-16,20-21(3,4)5)9-8-13-12(14(18)19-2)7-6-10-17-13/h6-10H,1-5H3. The number of rotatable bonds is 5. The monoisotopic (exact) mass is 304 g/mol. The Morgan fingerprint density at radius 2 is 2.14 bits per heavy atom. The molecular formula is C15H20N2O3Si. The van der Waals surface area contributed by atoms with Gasteiger partial charge in [0.05, 0.1) is 18.4 Å². The topological polar surface area (TPSA) is 72.2 Å². The molecule has 1 aromatic rings. The zero-order valence-electron chi connectivity index (χ0n) is 13.0. The van der Waals surface area contributed by atoms with Crippen molar-refractivity contribution in [2.24, 2.45) is 0 Å². The van der Waals surface area contributed by atoms with Crippen LogP contribution in [0.2, 0.25) is 19.6 Å². The zero-order chi connectivity index (χ0) is 16.1. The molecule has 0 radical (unpaired) electrons. The summed E-state index contributed by atoms with van der Waals surface area (Å²) in [6.45, 7) is 7.73. The average molecular weight is 304 g/mol. The summed E-state index contributed by atoms with van der Waals surface area (Å²) in [5.41, 5.74) is -0.246. The lowest BCUT2D eigenvalue weighted by Gasteiger charge is -2.27. The van der Waals surface area contributed by atoms with Crippen molar-refractivity contribution in [3.8, 4) is 6.07 Å². The zero-order valence-corrected chi connectivity index (χ0v) is 14.0. The predicted octanol–water partition coefficient (Wildman–Crippen LogP) is 3.02. The molecule has 0 aromatic carbocycles. The van der Waals surface area contributed by atoms with E-state index in [-0.39, 0.29) is 0 Å². The highest BCUT2D eigenvalue weighted by molar-refractivity contribution is 6.69. The number of pyridine rings is 1. The van der Waals surface area contributed by atoms with Crippen LogP contribution in [0, 0.1) is 11.3 Å². The van der Waals surface area contributed by atoms with Crippen LogP contribution in [0.15, 0.2) is 24.4 Å². The number of ether oxygens (including phenoxy) is 1. The summed E-state index contributed by atoms with van der Waals surface area (Å²) in [6, 6.07) is 5.43. The number of methoxy groups -OCH3 is 1. The lowest BCUT2D eigenvalue weighted by molar-refractivity contribution is 0.0600. The largest absolute Gasteiger partial charge is 0.465 e. The molecule has 0 aliphatic rings. The Kier molecular flexibility index (Phi) is 5.41. The molecule has 0 amide bonds. The van der Waals surface area contributed by atoms with Gasteiger partial charge in [0.25, 0.3) is 0 Å². The van der Waals surface area contributed by atoms with Gasteiger partial charge in [-0.15, -0.1) is 0 Å². The number of esters is 1. The Bertz CT molecular complexity index is 587. The van der Waals surface area contributed by atoms with Crippen LogP contribution < -0.4 is 0 Å². The smallest absolute Gasteiger partial charge is 0.340 e. The Labute approximate surface area is 126 Å². The van der Waals surface area contributed by atoms with E-state index in [4.69, 9.17) is 9.16 Å². The second-order valence-electron chi connectivity index (χ2n) is 5.69. The summed E-state index contributed by atoms with van der Waals surface area (Å²) < 4.78 is 10.6. The molecule has 5 nitrogen and oxygen atoms in total. The van der Waals surface area contributed by atoms with Crippen LogP contribution in [0.3, 0.4) is 0 Å². The maximum absolute atomic E-state index is 11.7. The van der Waals surface area contributed by atoms with Crippen LogP contribution in [-0.4, -0.2) is 32.0 Å². The molecule has 1 aromatic heterocycles. The van der Waals surface area contributed by atoms with Gasteiger partial charge in [0.2, 0.25) is 0 Å².